The Labute approximate surface area is 156 Å². The Morgan fingerprint density at radius 2 is 1.96 bits per heavy atom. The molecule has 0 aliphatic rings. The normalized spacial score (nSPS) is 11.0. The molecule has 0 bridgehead atoms. The lowest BCUT2D eigenvalue weighted by Gasteiger charge is -2.16. The molecule has 0 aliphatic heterocycles. The summed E-state index contributed by atoms with van der Waals surface area (Å²) in [6, 6.07) is 5.05. The van der Waals surface area contributed by atoms with E-state index in [1.807, 2.05) is 0 Å². The number of nitrogens with zero attached hydrogens (tertiary/aromatic N) is 4. The van der Waals surface area contributed by atoms with Gasteiger partial charge in [-0.05, 0) is 31.3 Å². The topological polar surface area (TPSA) is 72.3 Å². The van der Waals surface area contributed by atoms with Crippen LogP contribution in [0, 0.1) is 0 Å². The van der Waals surface area contributed by atoms with Gasteiger partial charge in [-0.1, -0.05) is 37.0 Å². The van der Waals surface area contributed by atoms with Crippen molar-refractivity contribution in [3.63, 3.8) is 0 Å². The van der Waals surface area contributed by atoms with E-state index in [-0.39, 0.29) is 5.69 Å². The molecule has 0 saturated carbocycles. The quantitative estimate of drug-likeness (QED) is 0.701. The average molecular weight is 386 g/mol. The van der Waals surface area contributed by atoms with Crippen LogP contribution in [0.15, 0.2) is 18.2 Å². The highest BCUT2D eigenvalue weighted by molar-refractivity contribution is 6.42. The second kappa shape index (κ2) is 9.03. The minimum atomic E-state index is -0.559. The van der Waals surface area contributed by atoms with Crippen LogP contribution in [0.25, 0.3) is 0 Å². The van der Waals surface area contributed by atoms with E-state index in [0.29, 0.717) is 28.1 Å². The Bertz CT molecular complexity index is 731. The first-order chi connectivity index (χ1) is 12.0. The van der Waals surface area contributed by atoms with Crippen molar-refractivity contribution >= 4 is 40.7 Å². The maximum atomic E-state index is 12.0. The first-order valence-electron chi connectivity index (χ1n) is 7.96. The molecule has 2 rings (SSSR count). The van der Waals surface area contributed by atoms with E-state index in [1.54, 1.807) is 18.2 Å². The van der Waals surface area contributed by atoms with Crippen molar-refractivity contribution in [2.24, 2.45) is 0 Å². The summed E-state index contributed by atoms with van der Waals surface area (Å²) in [6.45, 7) is 7.42. The van der Waals surface area contributed by atoms with Crippen LogP contribution >= 0.6 is 23.2 Å². The molecule has 0 atom stereocenters. The Morgan fingerprint density at radius 1 is 1.24 bits per heavy atom. The molecular weight excluding hydrogens is 365 g/mol. The number of nitrogens with one attached hydrogen (secondary N) is 1. The molecule has 1 aromatic carbocycles. The summed E-state index contributed by atoms with van der Waals surface area (Å²) >= 11 is 11.9. The molecule has 0 saturated heterocycles. The van der Waals surface area contributed by atoms with Crippen LogP contribution in [-0.2, 0) is 11.3 Å². The Morgan fingerprint density at radius 3 is 2.56 bits per heavy atom. The highest BCUT2D eigenvalue weighted by Crippen LogP contribution is 2.27. The molecule has 0 spiro atoms. The fraction of sp³-hybridized carbons (Fsp3) is 0.438. The third-order valence-electron chi connectivity index (χ3n) is 3.73. The van der Waals surface area contributed by atoms with Gasteiger partial charge in [0.05, 0.1) is 23.7 Å². The van der Waals surface area contributed by atoms with Crippen LogP contribution in [0.2, 0.25) is 10.0 Å². The molecule has 0 amide bonds. The van der Waals surface area contributed by atoms with Gasteiger partial charge in [-0.3, -0.25) is 0 Å². The van der Waals surface area contributed by atoms with E-state index in [1.165, 1.54) is 11.9 Å². The Hall–Kier alpha value is -1.83. The van der Waals surface area contributed by atoms with Crippen LogP contribution in [0.3, 0.4) is 0 Å². The van der Waals surface area contributed by atoms with Crippen molar-refractivity contribution in [2.45, 2.75) is 20.4 Å². The van der Waals surface area contributed by atoms with Crippen molar-refractivity contribution in [1.29, 1.82) is 0 Å². The molecule has 0 radical (unpaired) electrons. The SMILES string of the molecule is CCN(CC)CCn1nc(Nc2ccc(Cl)c(Cl)c2)c(C(=O)OC)n1. The highest BCUT2D eigenvalue weighted by atomic mass is 35.5. The smallest absolute Gasteiger partial charge is 0.362 e. The van der Waals surface area contributed by atoms with E-state index in [4.69, 9.17) is 27.9 Å². The third-order valence-corrected chi connectivity index (χ3v) is 4.47. The largest absolute Gasteiger partial charge is 0.464 e. The maximum absolute atomic E-state index is 12.0. The lowest BCUT2D eigenvalue weighted by Crippen LogP contribution is -2.27. The van der Waals surface area contributed by atoms with Crippen LogP contribution in [0.1, 0.15) is 24.3 Å². The van der Waals surface area contributed by atoms with Crippen LogP contribution in [0.4, 0.5) is 11.5 Å². The molecule has 136 valence electrons. The average Bonchev–Trinajstić information content (AvgIpc) is 3.01. The van der Waals surface area contributed by atoms with Gasteiger partial charge in [0.25, 0.3) is 0 Å². The minimum absolute atomic E-state index is 0.119. The first kappa shape index (κ1) is 19.5. The van der Waals surface area contributed by atoms with Crippen molar-refractivity contribution in [3.05, 3.63) is 33.9 Å². The van der Waals surface area contributed by atoms with Crippen molar-refractivity contribution in [3.8, 4) is 0 Å². The third kappa shape index (κ3) is 5.07. The molecule has 0 unspecified atom stereocenters. The van der Waals surface area contributed by atoms with Gasteiger partial charge in [-0.2, -0.15) is 4.80 Å². The van der Waals surface area contributed by atoms with Gasteiger partial charge in [-0.25, -0.2) is 4.79 Å². The number of aromatic nitrogens is 3. The molecule has 0 aliphatic carbocycles. The molecule has 2 aromatic rings. The molecule has 25 heavy (non-hydrogen) atoms. The number of likely N-dealkylation sites (N-methyl/N-ethyl adjacent to an activating group) is 1. The van der Waals surface area contributed by atoms with Crippen LogP contribution < -0.4 is 5.32 Å². The van der Waals surface area contributed by atoms with Gasteiger partial charge in [0.1, 0.15) is 0 Å². The minimum Gasteiger partial charge on any atom is -0.464 e. The Balaban J connectivity index is 2.22. The summed E-state index contributed by atoms with van der Waals surface area (Å²) in [5.74, 6) is -0.249. The predicted octanol–water partition coefficient (Wildman–Crippen LogP) is 3.46. The molecule has 1 heterocycles. The molecule has 1 aromatic heterocycles. The molecule has 7 nitrogen and oxygen atoms in total. The second-order valence-corrected chi connectivity index (χ2v) is 6.08. The van der Waals surface area contributed by atoms with Crippen molar-refractivity contribution in [2.75, 3.05) is 32.1 Å². The highest BCUT2D eigenvalue weighted by Gasteiger charge is 2.20. The zero-order valence-corrected chi connectivity index (χ0v) is 15.9. The lowest BCUT2D eigenvalue weighted by atomic mass is 10.3. The fourth-order valence-electron chi connectivity index (χ4n) is 2.25. The number of rotatable bonds is 8. The predicted molar refractivity (Wildman–Crippen MR) is 98.9 cm³/mol. The number of hydrogen-bond acceptors (Lipinski definition) is 6. The van der Waals surface area contributed by atoms with Crippen molar-refractivity contribution < 1.29 is 9.53 Å². The van der Waals surface area contributed by atoms with Gasteiger partial charge in [-0.15, -0.1) is 10.2 Å². The van der Waals surface area contributed by atoms with E-state index >= 15 is 0 Å². The zero-order valence-electron chi connectivity index (χ0n) is 14.4. The fourth-order valence-corrected chi connectivity index (χ4v) is 2.55. The number of hydrogen-bond donors (Lipinski definition) is 1. The van der Waals surface area contributed by atoms with Gasteiger partial charge >= 0.3 is 5.97 Å². The summed E-state index contributed by atoms with van der Waals surface area (Å²) in [5.41, 5.74) is 0.767. The van der Waals surface area contributed by atoms with Gasteiger partial charge < -0.3 is 15.0 Å². The molecule has 0 fully saturated rings. The van der Waals surface area contributed by atoms with E-state index in [0.717, 1.165) is 19.6 Å². The first-order valence-corrected chi connectivity index (χ1v) is 8.71. The van der Waals surface area contributed by atoms with E-state index < -0.39 is 5.97 Å². The van der Waals surface area contributed by atoms with Crippen molar-refractivity contribution in [1.82, 2.24) is 19.9 Å². The summed E-state index contributed by atoms with van der Waals surface area (Å²) in [4.78, 5) is 15.7. The molecule has 1 N–H and O–H groups in total. The zero-order chi connectivity index (χ0) is 18.4. The monoisotopic (exact) mass is 385 g/mol. The number of esters is 1. The van der Waals surface area contributed by atoms with E-state index in [9.17, 15) is 4.79 Å². The van der Waals surface area contributed by atoms with Gasteiger partial charge in [0.2, 0.25) is 5.69 Å². The number of ether oxygens (including phenoxy) is 1. The number of benzene rings is 1. The standard InChI is InChI=1S/C16H21Cl2N5O2/c1-4-22(5-2)8-9-23-20-14(16(24)25-3)15(21-23)19-11-6-7-12(17)13(18)10-11/h6-7,10H,4-5,8-9H2,1-3H3,(H,19,21). The summed E-state index contributed by atoms with van der Waals surface area (Å²) in [7, 11) is 1.31. The van der Waals surface area contributed by atoms with Crippen LogP contribution in [0.5, 0.6) is 0 Å². The molecular formula is C16H21Cl2N5O2. The van der Waals surface area contributed by atoms with E-state index in [2.05, 4.69) is 34.3 Å². The summed E-state index contributed by atoms with van der Waals surface area (Å²) < 4.78 is 4.79. The van der Waals surface area contributed by atoms with Gasteiger partial charge in [0.15, 0.2) is 5.82 Å². The number of carbonyl (C=O) groups is 1. The number of anilines is 2. The maximum Gasteiger partial charge on any atom is 0.362 e. The summed E-state index contributed by atoms with van der Waals surface area (Å²) in [5, 5.41) is 12.5. The van der Waals surface area contributed by atoms with Gasteiger partial charge in [0, 0.05) is 12.2 Å². The number of halogens is 2. The Kier molecular flexibility index (Phi) is 7.04. The number of methoxy groups -OCH3 is 1. The second-order valence-electron chi connectivity index (χ2n) is 5.27. The van der Waals surface area contributed by atoms with Crippen LogP contribution in [-0.4, -0.2) is 52.6 Å². The lowest BCUT2D eigenvalue weighted by molar-refractivity contribution is 0.0594. The summed E-state index contributed by atoms with van der Waals surface area (Å²) in [6.07, 6.45) is 0. The molecule has 9 heteroatoms. The number of carbonyl (C=O) groups excluding carboxylic acids is 1.